The van der Waals surface area contributed by atoms with Crippen LogP contribution in [0.15, 0.2) is 33.2 Å². The van der Waals surface area contributed by atoms with Crippen molar-refractivity contribution in [1.82, 2.24) is 15.5 Å². The minimum absolute atomic E-state index is 0.0538. The first-order valence-electron chi connectivity index (χ1n) is 6.07. The zero-order chi connectivity index (χ0) is 13.8. The first kappa shape index (κ1) is 14.0. The number of nitrogens with one attached hydrogen (secondary N) is 1. The molecule has 0 aliphatic heterocycles. The molecular weight excluding hydrogens is 308 g/mol. The van der Waals surface area contributed by atoms with Crippen molar-refractivity contribution in [2.75, 3.05) is 19.0 Å². The largest absolute Gasteiger partial charge is 0.406 e. The molecule has 6 heteroatoms. The Balaban J connectivity index is 2.10. The summed E-state index contributed by atoms with van der Waals surface area (Å²) in [4.78, 5) is 1.93. The average Bonchev–Trinajstić information content (AvgIpc) is 2.90. The molecule has 102 valence electrons. The molecule has 1 heterocycles. The molecule has 0 amide bonds. The Morgan fingerprint density at radius 2 is 2.11 bits per heavy atom. The van der Waals surface area contributed by atoms with Crippen molar-refractivity contribution in [1.29, 1.82) is 0 Å². The maximum Gasteiger partial charge on any atom is 0.318 e. The maximum absolute atomic E-state index is 5.64. The van der Waals surface area contributed by atoms with Crippen LogP contribution in [0.4, 0.5) is 6.01 Å². The van der Waals surface area contributed by atoms with Gasteiger partial charge in [-0.15, -0.1) is 5.10 Å². The van der Waals surface area contributed by atoms with E-state index in [1.807, 2.05) is 44.1 Å². The molecule has 19 heavy (non-hydrogen) atoms. The Hall–Kier alpha value is -1.40. The zero-order valence-corrected chi connectivity index (χ0v) is 12.8. The van der Waals surface area contributed by atoms with Crippen LogP contribution in [0.5, 0.6) is 0 Å². The van der Waals surface area contributed by atoms with Gasteiger partial charge in [0.05, 0.1) is 6.04 Å². The van der Waals surface area contributed by atoms with Crippen molar-refractivity contribution >= 4 is 21.9 Å². The SMILES string of the molecule is CNC(C)c1nnc(N(C)Cc2ccccc2Br)o1. The summed E-state index contributed by atoms with van der Waals surface area (Å²) in [5.41, 5.74) is 1.17. The number of benzene rings is 1. The molecule has 0 spiro atoms. The molecule has 1 aromatic heterocycles. The second-order valence-corrected chi connectivity index (χ2v) is 5.24. The fraction of sp³-hybridized carbons (Fsp3) is 0.385. The van der Waals surface area contributed by atoms with Gasteiger partial charge < -0.3 is 14.6 Å². The lowest BCUT2D eigenvalue weighted by Crippen LogP contribution is -2.17. The van der Waals surface area contributed by atoms with E-state index in [-0.39, 0.29) is 6.04 Å². The Kier molecular flexibility index (Phi) is 4.55. The fourth-order valence-corrected chi connectivity index (χ4v) is 2.04. The highest BCUT2D eigenvalue weighted by Crippen LogP contribution is 2.21. The van der Waals surface area contributed by atoms with Gasteiger partial charge in [-0.05, 0) is 25.6 Å². The number of rotatable bonds is 5. The molecule has 0 saturated heterocycles. The van der Waals surface area contributed by atoms with Crippen molar-refractivity contribution < 1.29 is 4.42 Å². The van der Waals surface area contributed by atoms with Crippen LogP contribution in [0.3, 0.4) is 0 Å². The zero-order valence-electron chi connectivity index (χ0n) is 11.2. The van der Waals surface area contributed by atoms with E-state index in [1.54, 1.807) is 0 Å². The molecule has 2 rings (SSSR count). The van der Waals surface area contributed by atoms with Gasteiger partial charge in [0.2, 0.25) is 5.89 Å². The highest BCUT2D eigenvalue weighted by Gasteiger charge is 2.15. The van der Waals surface area contributed by atoms with Gasteiger partial charge in [-0.2, -0.15) is 0 Å². The predicted octanol–water partition coefficient (Wildman–Crippen LogP) is 2.75. The van der Waals surface area contributed by atoms with Gasteiger partial charge in [-0.25, -0.2) is 0 Å². The Morgan fingerprint density at radius 1 is 1.37 bits per heavy atom. The predicted molar refractivity (Wildman–Crippen MR) is 78.0 cm³/mol. The molecule has 0 fully saturated rings. The number of halogens is 1. The summed E-state index contributed by atoms with van der Waals surface area (Å²) in [6.45, 7) is 2.68. The molecule has 0 saturated carbocycles. The lowest BCUT2D eigenvalue weighted by Gasteiger charge is -2.15. The summed E-state index contributed by atoms with van der Waals surface area (Å²) >= 11 is 3.53. The molecular formula is C13H17BrN4O. The summed E-state index contributed by atoms with van der Waals surface area (Å²) in [5, 5.41) is 11.2. The third-order valence-corrected chi connectivity index (χ3v) is 3.70. The van der Waals surface area contributed by atoms with E-state index in [1.165, 1.54) is 5.56 Å². The summed E-state index contributed by atoms with van der Waals surface area (Å²) in [5.74, 6) is 0.594. The molecule has 1 aromatic carbocycles. The minimum atomic E-state index is 0.0538. The molecule has 0 radical (unpaired) electrons. The summed E-state index contributed by atoms with van der Waals surface area (Å²) in [6, 6.07) is 8.66. The average molecular weight is 325 g/mol. The van der Waals surface area contributed by atoms with Crippen LogP contribution in [0.2, 0.25) is 0 Å². The van der Waals surface area contributed by atoms with Crippen molar-refractivity contribution in [3.05, 3.63) is 40.2 Å². The van der Waals surface area contributed by atoms with E-state index in [0.29, 0.717) is 18.5 Å². The quantitative estimate of drug-likeness (QED) is 0.916. The van der Waals surface area contributed by atoms with Crippen LogP contribution in [-0.2, 0) is 6.54 Å². The Morgan fingerprint density at radius 3 is 2.79 bits per heavy atom. The van der Waals surface area contributed by atoms with E-state index in [9.17, 15) is 0 Å². The highest BCUT2D eigenvalue weighted by molar-refractivity contribution is 9.10. The highest BCUT2D eigenvalue weighted by atomic mass is 79.9. The smallest absolute Gasteiger partial charge is 0.318 e. The van der Waals surface area contributed by atoms with Gasteiger partial charge in [-0.3, -0.25) is 0 Å². The van der Waals surface area contributed by atoms with Crippen LogP contribution in [0.25, 0.3) is 0 Å². The van der Waals surface area contributed by atoms with Gasteiger partial charge in [0.1, 0.15) is 0 Å². The number of nitrogens with zero attached hydrogens (tertiary/aromatic N) is 3. The third kappa shape index (κ3) is 3.33. The molecule has 0 bridgehead atoms. The van der Waals surface area contributed by atoms with Crippen molar-refractivity contribution in [2.24, 2.45) is 0 Å². The number of aromatic nitrogens is 2. The normalized spacial score (nSPS) is 12.4. The molecule has 1 atom stereocenters. The molecule has 0 aliphatic rings. The Labute approximate surface area is 121 Å². The van der Waals surface area contributed by atoms with E-state index in [4.69, 9.17) is 4.42 Å². The summed E-state index contributed by atoms with van der Waals surface area (Å²) in [7, 11) is 3.79. The van der Waals surface area contributed by atoms with E-state index in [0.717, 1.165) is 4.47 Å². The van der Waals surface area contributed by atoms with Crippen LogP contribution < -0.4 is 10.2 Å². The van der Waals surface area contributed by atoms with Gasteiger partial charge in [0, 0.05) is 18.1 Å². The third-order valence-electron chi connectivity index (χ3n) is 2.93. The van der Waals surface area contributed by atoms with Crippen LogP contribution in [-0.4, -0.2) is 24.3 Å². The van der Waals surface area contributed by atoms with Crippen molar-refractivity contribution in [2.45, 2.75) is 19.5 Å². The number of hydrogen-bond donors (Lipinski definition) is 1. The van der Waals surface area contributed by atoms with Crippen LogP contribution in [0, 0.1) is 0 Å². The second kappa shape index (κ2) is 6.16. The fourth-order valence-electron chi connectivity index (χ4n) is 1.63. The molecule has 0 aliphatic carbocycles. The van der Waals surface area contributed by atoms with Crippen molar-refractivity contribution in [3.8, 4) is 0 Å². The lowest BCUT2D eigenvalue weighted by molar-refractivity contribution is 0.432. The van der Waals surface area contributed by atoms with E-state index in [2.05, 4.69) is 37.5 Å². The van der Waals surface area contributed by atoms with Crippen molar-refractivity contribution in [3.63, 3.8) is 0 Å². The first-order valence-corrected chi connectivity index (χ1v) is 6.86. The van der Waals surface area contributed by atoms with Gasteiger partial charge in [0.15, 0.2) is 0 Å². The van der Waals surface area contributed by atoms with Gasteiger partial charge >= 0.3 is 6.01 Å². The van der Waals surface area contributed by atoms with Crippen LogP contribution in [0.1, 0.15) is 24.4 Å². The van der Waals surface area contributed by atoms with Gasteiger partial charge in [0.25, 0.3) is 0 Å². The van der Waals surface area contributed by atoms with Gasteiger partial charge in [-0.1, -0.05) is 39.2 Å². The summed E-state index contributed by atoms with van der Waals surface area (Å²) in [6.07, 6.45) is 0. The number of hydrogen-bond acceptors (Lipinski definition) is 5. The molecule has 5 nitrogen and oxygen atoms in total. The number of anilines is 1. The first-order chi connectivity index (χ1) is 9.11. The Bertz CT molecular complexity index is 543. The second-order valence-electron chi connectivity index (χ2n) is 4.38. The molecule has 1 N–H and O–H groups in total. The topological polar surface area (TPSA) is 54.2 Å². The lowest BCUT2D eigenvalue weighted by atomic mass is 10.2. The maximum atomic E-state index is 5.64. The molecule has 1 unspecified atom stereocenters. The van der Waals surface area contributed by atoms with E-state index >= 15 is 0 Å². The van der Waals surface area contributed by atoms with Crippen LogP contribution >= 0.6 is 15.9 Å². The minimum Gasteiger partial charge on any atom is -0.406 e. The summed E-state index contributed by atoms with van der Waals surface area (Å²) < 4.78 is 6.71. The standard InChI is InChI=1S/C13H17BrN4O/c1-9(15-2)12-16-17-13(19-12)18(3)8-10-6-4-5-7-11(10)14/h4-7,9,15H,8H2,1-3H3. The van der Waals surface area contributed by atoms with E-state index < -0.39 is 0 Å². The monoisotopic (exact) mass is 324 g/mol. The molecule has 2 aromatic rings.